The average molecular weight is 345 g/mol. The summed E-state index contributed by atoms with van der Waals surface area (Å²) < 4.78 is 1.50. The zero-order valence-electron chi connectivity index (χ0n) is 13.5. The SMILES string of the molecule is CC(=O)Nc1ccc(=O)n(C2CC[C](c3cccc(Cl)c3)CC2)n1. The van der Waals surface area contributed by atoms with Gasteiger partial charge >= 0.3 is 0 Å². The van der Waals surface area contributed by atoms with Gasteiger partial charge in [-0.15, -0.1) is 0 Å². The summed E-state index contributed by atoms with van der Waals surface area (Å²) in [5.41, 5.74) is 1.04. The van der Waals surface area contributed by atoms with Crippen molar-refractivity contribution in [2.75, 3.05) is 5.32 Å². The fourth-order valence-corrected chi connectivity index (χ4v) is 3.32. The molecular formula is C18H19ClN3O2. The van der Waals surface area contributed by atoms with Crippen LogP contribution in [0, 0.1) is 5.92 Å². The van der Waals surface area contributed by atoms with Crippen LogP contribution in [-0.4, -0.2) is 15.7 Å². The van der Waals surface area contributed by atoms with Gasteiger partial charge in [-0.25, -0.2) is 4.68 Å². The molecule has 0 spiro atoms. The molecule has 0 unspecified atom stereocenters. The number of amides is 1. The molecule has 5 nitrogen and oxygen atoms in total. The number of halogens is 1. The third-order valence-corrected chi connectivity index (χ3v) is 4.50. The Balaban J connectivity index is 1.72. The summed E-state index contributed by atoms with van der Waals surface area (Å²) in [4.78, 5) is 23.3. The predicted molar refractivity (Wildman–Crippen MR) is 94.1 cm³/mol. The Morgan fingerprint density at radius 2 is 2.00 bits per heavy atom. The molecule has 0 bridgehead atoms. The summed E-state index contributed by atoms with van der Waals surface area (Å²) in [5.74, 6) is 1.57. The average Bonchev–Trinajstić information content (AvgIpc) is 2.56. The van der Waals surface area contributed by atoms with Crippen LogP contribution in [0.4, 0.5) is 5.82 Å². The molecule has 1 aliphatic rings. The summed E-state index contributed by atoms with van der Waals surface area (Å²) in [6.07, 6.45) is 3.50. The number of rotatable bonds is 3. The largest absolute Gasteiger partial charge is 0.310 e. The van der Waals surface area contributed by atoms with Crippen molar-refractivity contribution < 1.29 is 4.79 Å². The molecule has 0 saturated heterocycles. The van der Waals surface area contributed by atoms with Gasteiger partial charge in [0, 0.05) is 23.9 Å². The van der Waals surface area contributed by atoms with Gasteiger partial charge in [0.25, 0.3) is 5.56 Å². The maximum Gasteiger partial charge on any atom is 0.267 e. The first kappa shape index (κ1) is 16.7. The lowest BCUT2D eigenvalue weighted by atomic mass is 9.82. The second-order valence-corrected chi connectivity index (χ2v) is 6.46. The Labute approximate surface area is 145 Å². The Morgan fingerprint density at radius 1 is 1.25 bits per heavy atom. The smallest absolute Gasteiger partial charge is 0.267 e. The molecule has 3 rings (SSSR count). The topological polar surface area (TPSA) is 64.0 Å². The van der Waals surface area contributed by atoms with Gasteiger partial charge < -0.3 is 5.32 Å². The highest BCUT2D eigenvalue weighted by Gasteiger charge is 2.25. The van der Waals surface area contributed by atoms with Gasteiger partial charge in [-0.3, -0.25) is 9.59 Å². The Morgan fingerprint density at radius 3 is 2.67 bits per heavy atom. The first-order valence-electron chi connectivity index (χ1n) is 8.01. The Hall–Kier alpha value is -2.14. The second-order valence-electron chi connectivity index (χ2n) is 6.03. The monoisotopic (exact) mass is 344 g/mol. The lowest BCUT2D eigenvalue weighted by Crippen LogP contribution is -2.30. The molecule has 1 radical (unpaired) electrons. The highest BCUT2D eigenvalue weighted by Crippen LogP contribution is 2.37. The van der Waals surface area contributed by atoms with E-state index in [2.05, 4.69) is 16.5 Å². The number of nitrogens with zero attached hydrogens (tertiary/aromatic N) is 2. The van der Waals surface area contributed by atoms with E-state index >= 15 is 0 Å². The number of carbonyl (C=O) groups excluding carboxylic acids is 1. The highest BCUT2D eigenvalue weighted by molar-refractivity contribution is 6.30. The van der Waals surface area contributed by atoms with Gasteiger partial charge in [-0.1, -0.05) is 23.7 Å². The van der Waals surface area contributed by atoms with Crippen molar-refractivity contribution >= 4 is 23.3 Å². The molecule has 0 aliphatic heterocycles. The van der Waals surface area contributed by atoms with Crippen LogP contribution in [0.3, 0.4) is 0 Å². The summed E-state index contributed by atoms with van der Waals surface area (Å²) in [6, 6.07) is 10.9. The van der Waals surface area contributed by atoms with Gasteiger partial charge in [0.2, 0.25) is 5.91 Å². The van der Waals surface area contributed by atoms with Crippen molar-refractivity contribution in [1.82, 2.24) is 9.78 Å². The molecule has 1 heterocycles. The van der Waals surface area contributed by atoms with Crippen molar-refractivity contribution in [2.45, 2.75) is 38.6 Å². The first-order chi connectivity index (χ1) is 11.5. The number of hydrogen-bond donors (Lipinski definition) is 1. The van der Waals surface area contributed by atoms with Crippen LogP contribution < -0.4 is 10.9 Å². The molecule has 1 aromatic heterocycles. The van der Waals surface area contributed by atoms with Crippen LogP contribution in [0.25, 0.3) is 0 Å². The van der Waals surface area contributed by atoms with Crippen LogP contribution in [0.5, 0.6) is 0 Å². The number of carbonyl (C=O) groups is 1. The fourth-order valence-electron chi connectivity index (χ4n) is 3.13. The molecule has 1 N–H and O–H groups in total. The minimum Gasteiger partial charge on any atom is -0.310 e. The molecule has 24 heavy (non-hydrogen) atoms. The normalized spacial score (nSPS) is 16.1. The van der Waals surface area contributed by atoms with Gasteiger partial charge in [0.15, 0.2) is 5.82 Å². The van der Waals surface area contributed by atoms with E-state index < -0.39 is 0 Å². The number of aromatic nitrogens is 2. The van der Waals surface area contributed by atoms with E-state index in [0.717, 1.165) is 30.7 Å². The molecule has 1 fully saturated rings. The van der Waals surface area contributed by atoms with Crippen molar-refractivity contribution in [3.8, 4) is 0 Å². The number of hydrogen-bond acceptors (Lipinski definition) is 3. The maximum absolute atomic E-state index is 12.1. The van der Waals surface area contributed by atoms with E-state index in [1.807, 2.05) is 18.2 Å². The zero-order chi connectivity index (χ0) is 17.1. The molecular weight excluding hydrogens is 326 g/mol. The van der Waals surface area contributed by atoms with E-state index in [9.17, 15) is 9.59 Å². The standard InChI is InChI=1S/C18H19ClN3O2/c1-12(23)20-17-9-10-18(24)22(21-17)16-7-5-13(6-8-16)14-3-2-4-15(19)11-14/h2-4,9-11,16H,5-8H2,1H3,(H,20,21,23). The van der Waals surface area contributed by atoms with Crippen molar-refractivity contribution in [2.24, 2.45) is 0 Å². The Bertz CT molecular complexity index is 795. The Kier molecular flexibility index (Phi) is 5.00. The molecule has 1 amide bonds. The summed E-state index contributed by atoms with van der Waals surface area (Å²) >= 11 is 6.07. The predicted octanol–water partition coefficient (Wildman–Crippen LogP) is 3.59. The summed E-state index contributed by atoms with van der Waals surface area (Å²) in [6.45, 7) is 1.42. The number of benzene rings is 1. The molecule has 1 aliphatic carbocycles. The van der Waals surface area contributed by atoms with E-state index in [1.54, 1.807) is 0 Å². The quantitative estimate of drug-likeness (QED) is 0.925. The zero-order valence-corrected chi connectivity index (χ0v) is 14.2. The minimum atomic E-state index is -0.201. The van der Waals surface area contributed by atoms with Gasteiger partial charge in [-0.05, 0) is 49.4 Å². The number of nitrogens with one attached hydrogen (secondary N) is 1. The van der Waals surface area contributed by atoms with E-state index in [-0.39, 0.29) is 17.5 Å². The third-order valence-electron chi connectivity index (χ3n) is 4.27. The van der Waals surface area contributed by atoms with Crippen molar-refractivity contribution in [3.05, 3.63) is 63.3 Å². The summed E-state index contributed by atoms with van der Waals surface area (Å²) in [7, 11) is 0. The van der Waals surface area contributed by atoms with Crippen LogP contribution in [0.2, 0.25) is 5.02 Å². The van der Waals surface area contributed by atoms with Crippen molar-refractivity contribution in [1.29, 1.82) is 0 Å². The van der Waals surface area contributed by atoms with Crippen LogP contribution in [0.15, 0.2) is 41.2 Å². The van der Waals surface area contributed by atoms with Crippen LogP contribution >= 0.6 is 11.6 Å². The molecule has 1 saturated carbocycles. The van der Waals surface area contributed by atoms with Gasteiger partial charge in [0.05, 0.1) is 6.04 Å². The molecule has 2 aromatic rings. The summed E-state index contributed by atoms with van der Waals surface area (Å²) in [5, 5.41) is 7.65. The first-order valence-corrected chi connectivity index (χ1v) is 8.39. The van der Waals surface area contributed by atoms with E-state index in [1.165, 1.54) is 35.2 Å². The molecule has 1 aromatic carbocycles. The lowest BCUT2D eigenvalue weighted by molar-refractivity contribution is -0.114. The third kappa shape index (κ3) is 3.85. The number of anilines is 1. The van der Waals surface area contributed by atoms with E-state index in [4.69, 9.17) is 11.6 Å². The lowest BCUT2D eigenvalue weighted by Gasteiger charge is -2.29. The molecule has 125 valence electrons. The molecule has 6 heteroatoms. The van der Waals surface area contributed by atoms with E-state index in [0.29, 0.717) is 5.82 Å². The van der Waals surface area contributed by atoms with Crippen LogP contribution in [0.1, 0.15) is 44.2 Å². The van der Waals surface area contributed by atoms with Crippen LogP contribution in [-0.2, 0) is 4.79 Å². The van der Waals surface area contributed by atoms with Gasteiger partial charge in [0.1, 0.15) is 0 Å². The second kappa shape index (κ2) is 7.18. The van der Waals surface area contributed by atoms with Crippen molar-refractivity contribution in [3.63, 3.8) is 0 Å². The van der Waals surface area contributed by atoms with Gasteiger partial charge in [-0.2, -0.15) is 5.10 Å². The highest BCUT2D eigenvalue weighted by atomic mass is 35.5. The fraction of sp³-hybridized carbons (Fsp3) is 0.333. The maximum atomic E-state index is 12.1. The minimum absolute atomic E-state index is 0.0501. The molecule has 0 atom stereocenters.